The summed E-state index contributed by atoms with van der Waals surface area (Å²) in [4.78, 5) is 18.4. The Morgan fingerprint density at radius 1 is 1.42 bits per heavy atom. The predicted molar refractivity (Wildman–Crippen MR) is 71.3 cm³/mol. The molecule has 0 fully saturated rings. The van der Waals surface area contributed by atoms with Crippen molar-refractivity contribution in [1.82, 2.24) is 4.90 Å². The Kier molecular flexibility index (Phi) is 2.72. The minimum atomic E-state index is -0.532. The summed E-state index contributed by atoms with van der Waals surface area (Å²) in [5.74, 6) is 0.729. The third kappa shape index (κ3) is 1.77. The van der Waals surface area contributed by atoms with Crippen molar-refractivity contribution in [2.75, 3.05) is 13.2 Å². The molecule has 0 aromatic heterocycles. The quantitative estimate of drug-likeness (QED) is 0.785. The molecule has 6 heteroatoms. The second-order valence-electron chi connectivity index (χ2n) is 4.35. The molecule has 1 unspecified atom stereocenters. The highest BCUT2D eigenvalue weighted by atomic mass is 16.3. The van der Waals surface area contributed by atoms with Crippen molar-refractivity contribution in [1.29, 1.82) is 5.41 Å². The fraction of sp³-hybridized carbons (Fsp3) is 0.231. The number of para-hydroxylation sites is 2. The number of nitrogens with one attached hydrogen (secondary N) is 1. The molecule has 0 amide bonds. The standard InChI is InChI=1S/C13H13N4O2/c14-12-6-5-11-13(16(12)7-8-18)15-9-3-1-2-4-10(9)17(11)19/h1-6,11,14,18H,7-8H2/q+1. The zero-order valence-electron chi connectivity index (χ0n) is 10.2. The van der Waals surface area contributed by atoms with Crippen LogP contribution in [0.2, 0.25) is 0 Å². The number of nitroso groups, excluding NO2 is 1. The van der Waals surface area contributed by atoms with Crippen LogP contribution >= 0.6 is 0 Å². The second-order valence-corrected chi connectivity index (χ2v) is 4.35. The first-order valence-electron chi connectivity index (χ1n) is 6.01. The Morgan fingerprint density at radius 2 is 2.21 bits per heavy atom. The number of benzene rings is 1. The normalized spacial score (nSPS) is 21.0. The van der Waals surface area contributed by atoms with Crippen molar-refractivity contribution in [2.24, 2.45) is 4.99 Å². The third-order valence-electron chi connectivity index (χ3n) is 3.20. The summed E-state index contributed by atoms with van der Waals surface area (Å²) in [6.07, 6.45) is 3.23. The van der Waals surface area contributed by atoms with Gasteiger partial charge in [0.2, 0.25) is 0 Å². The maximum atomic E-state index is 12.3. The Balaban J connectivity index is 2.13. The van der Waals surface area contributed by atoms with Gasteiger partial charge >= 0.3 is 0 Å². The average molecular weight is 257 g/mol. The summed E-state index contributed by atoms with van der Waals surface area (Å²) in [5, 5.41) is 16.9. The lowest BCUT2D eigenvalue weighted by atomic mass is 10.1. The SMILES string of the molecule is N=C1C=CC2C(=Nc3ccccc3[N+]2=O)N1CCO. The molecular formula is C13H13N4O2+. The maximum Gasteiger partial charge on any atom is 0.284 e. The molecule has 0 saturated carbocycles. The molecule has 1 atom stereocenters. The monoisotopic (exact) mass is 257 g/mol. The van der Waals surface area contributed by atoms with Crippen LogP contribution in [0.4, 0.5) is 11.4 Å². The molecule has 1 aromatic rings. The van der Waals surface area contributed by atoms with Crippen LogP contribution in [0.5, 0.6) is 0 Å². The first kappa shape index (κ1) is 11.7. The number of amidine groups is 2. The van der Waals surface area contributed by atoms with Crippen LogP contribution in [-0.2, 0) is 0 Å². The van der Waals surface area contributed by atoms with E-state index in [0.717, 1.165) is 4.76 Å². The van der Waals surface area contributed by atoms with Gasteiger partial charge in [-0.25, -0.2) is 4.99 Å². The van der Waals surface area contributed by atoms with Gasteiger partial charge in [0.1, 0.15) is 11.5 Å². The van der Waals surface area contributed by atoms with Crippen molar-refractivity contribution in [3.05, 3.63) is 41.3 Å². The number of hydrogen-bond acceptors (Lipinski definition) is 4. The van der Waals surface area contributed by atoms with E-state index in [1.165, 1.54) is 0 Å². The number of rotatable bonds is 2. The van der Waals surface area contributed by atoms with Crippen molar-refractivity contribution in [3.63, 3.8) is 0 Å². The van der Waals surface area contributed by atoms with E-state index in [1.54, 1.807) is 35.3 Å². The number of β-amino-alcohol motifs (C(OH)–C–C–N with tert-alkyl or cyclic N) is 1. The molecule has 96 valence electrons. The zero-order valence-corrected chi connectivity index (χ0v) is 10.2. The third-order valence-corrected chi connectivity index (χ3v) is 3.20. The van der Waals surface area contributed by atoms with E-state index < -0.39 is 6.04 Å². The highest BCUT2D eigenvalue weighted by Gasteiger charge is 2.42. The van der Waals surface area contributed by atoms with Gasteiger partial charge in [0, 0.05) is 17.5 Å². The predicted octanol–water partition coefficient (Wildman–Crippen LogP) is 1.35. The largest absolute Gasteiger partial charge is 0.395 e. The van der Waals surface area contributed by atoms with Gasteiger partial charge in [-0.15, -0.1) is 0 Å². The lowest BCUT2D eigenvalue weighted by molar-refractivity contribution is -0.475. The van der Waals surface area contributed by atoms with Gasteiger partial charge in [-0.2, -0.15) is 0 Å². The Hall–Kier alpha value is -2.34. The van der Waals surface area contributed by atoms with Gasteiger partial charge < -0.3 is 10.0 Å². The summed E-state index contributed by atoms with van der Waals surface area (Å²) in [6, 6.07) is 6.58. The lowest BCUT2D eigenvalue weighted by Crippen LogP contribution is -2.49. The number of aliphatic hydroxyl groups is 1. The molecule has 2 aliphatic heterocycles. The summed E-state index contributed by atoms with van der Waals surface area (Å²) in [5.41, 5.74) is 1.12. The van der Waals surface area contributed by atoms with Crippen LogP contribution in [-0.4, -0.2) is 45.6 Å². The van der Waals surface area contributed by atoms with E-state index in [1.807, 2.05) is 6.07 Å². The first-order chi connectivity index (χ1) is 9.22. The highest BCUT2D eigenvalue weighted by Crippen LogP contribution is 2.34. The smallest absolute Gasteiger partial charge is 0.284 e. The van der Waals surface area contributed by atoms with E-state index >= 15 is 0 Å². The fourth-order valence-electron chi connectivity index (χ4n) is 2.30. The van der Waals surface area contributed by atoms with Crippen molar-refractivity contribution < 1.29 is 9.87 Å². The van der Waals surface area contributed by atoms with Gasteiger partial charge in [-0.3, -0.25) is 5.41 Å². The number of hydrogen-bond donors (Lipinski definition) is 2. The second kappa shape index (κ2) is 4.40. The van der Waals surface area contributed by atoms with E-state index in [0.29, 0.717) is 17.2 Å². The zero-order chi connectivity index (χ0) is 13.4. The molecule has 0 bridgehead atoms. The number of aliphatic imine (C=N–C) groups is 1. The molecule has 0 aliphatic carbocycles. The number of nitrogens with zero attached hydrogens (tertiary/aromatic N) is 3. The molecule has 19 heavy (non-hydrogen) atoms. The molecule has 0 spiro atoms. The fourth-order valence-corrected chi connectivity index (χ4v) is 2.30. The van der Waals surface area contributed by atoms with Gasteiger partial charge in [0.15, 0.2) is 5.84 Å². The van der Waals surface area contributed by atoms with Gasteiger partial charge in [-0.05, 0) is 18.2 Å². The molecule has 6 nitrogen and oxygen atoms in total. The van der Waals surface area contributed by atoms with Crippen LogP contribution in [0.15, 0.2) is 41.4 Å². The van der Waals surface area contributed by atoms with Crippen LogP contribution in [0.25, 0.3) is 0 Å². The summed E-state index contributed by atoms with van der Waals surface area (Å²) in [6.45, 7) is 0.164. The Bertz CT molecular complexity index is 621. The maximum absolute atomic E-state index is 12.3. The summed E-state index contributed by atoms with van der Waals surface area (Å²) >= 11 is 0. The number of aliphatic hydroxyl groups excluding tert-OH is 1. The molecular weight excluding hydrogens is 244 g/mol. The Labute approximate surface area is 109 Å². The molecule has 2 N–H and O–H groups in total. The highest BCUT2D eigenvalue weighted by molar-refractivity contribution is 6.11. The van der Waals surface area contributed by atoms with E-state index in [9.17, 15) is 4.91 Å². The van der Waals surface area contributed by atoms with Gasteiger partial charge in [-0.1, -0.05) is 12.1 Å². The van der Waals surface area contributed by atoms with E-state index in [-0.39, 0.29) is 19.0 Å². The minimum absolute atomic E-state index is 0.0948. The topological polar surface area (TPSA) is 79.8 Å². The average Bonchev–Trinajstić information content (AvgIpc) is 2.43. The minimum Gasteiger partial charge on any atom is -0.395 e. The molecule has 2 aliphatic rings. The van der Waals surface area contributed by atoms with Crippen molar-refractivity contribution in [3.8, 4) is 0 Å². The molecule has 0 radical (unpaired) electrons. The summed E-state index contributed by atoms with van der Waals surface area (Å²) in [7, 11) is 0. The molecule has 0 saturated heterocycles. The van der Waals surface area contributed by atoms with Crippen molar-refractivity contribution >= 4 is 23.0 Å². The van der Waals surface area contributed by atoms with Gasteiger partial charge in [0.25, 0.3) is 11.7 Å². The molecule has 1 aromatic carbocycles. The van der Waals surface area contributed by atoms with Crippen LogP contribution in [0.1, 0.15) is 0 Å². The lowest BCUT2D eigenvalue weighted by Gasteiger charge is -2.29. The van der Waals surface area contributed by atoms with Crippen LogP contribution < -0.4 is 0 Å². The van der Waals surface area contributed by atoms with Crippen molar-refractivity contribution in [2.45, 2.75) is 6.04 Å². The summed E-state index contributed by atoms with van der Waals surface area (Å²) < 4.78 is 0.894. The Morgan fingerprint density at radius 3 is 3.00 bits per heavy atom. The molecule has 2 heterocycles. The van der Waals surface area contributed by atoms with Crippen LogP contribution in [0, 0.1) is 10.3 Å². The van der Waals surface area contributed by atoms with Gasteiger partial charge in [0.05, 0.1) is 11.4 Å². The van der Waals surface area contributed by atoms with E-state index in [2.05, 4.69) is 4.99 Å². The van der Waals surface area contributed by atoms with Crippen LogP contribution in [0.3, 0.4) is 0 Å². The first-order valence-corrected chi connectivity index (χ1v) is 6.01. The van der Waals surface area contributed by atoms with E-state index in [4.69, 9.17) is 10.5 Å². The number of fused-ring (bicyclic) bond motifs is 2. The molecule has 3 rings (SSSR count).